The molecular formula is C18H23N3O2. The molecule has 1 saturated heterocycles. The summed E-state index contributed by atoms with van der Waals surface area (Å²) in [6.07, 6.45) is 1.93. The maximum absolute atomic E-state index is 11.5. The van der Waals surface area contributed by atoms with Crippen molar-refractivity contribution in [1.82, 2.24) is 9.47 Å². The van der Waals surface area contributed by atoms with Gasteiger partial charge >= 0.3 is 0 Å². The van der Waals surface area contributed by atoms with Gasteiger partial charge in [0.1, 0.15) is 5.75 Å². The molecule has 0 aliphatic carbocycles. The Bertz CT molecular complexity index is 718. The van der Waals surface area contributed by atoms with Crippen molar-refractivity contribution in [3.8, 4) is 5.75 Å². The van der Waals surface area contributed by atoms with Gasteiger partial charge in [0.25, 0.3) is 0 Å². The Labute approximate surface area is 136 Å². The number of benzene rings is 1. The van der Waals surface area contributed by atoms with Crippen molar-refractivity contribution in [2.75, 3.05) is 38.2 Å². The molecule has 3 rings (SSSR count). The van der Waals surface area contributed by atoms with Crippen LogP contribution in [-0.4, -0.2) is 42.8 Å². The molecule has 0 spiro atoms. The van der Waals surface area contributed by atoms with Gasteiger partial charge in [-0.3, -0.25) is 9.69 Å². The average molecular weight is 313 g/mol. The van der Waals surface area contributed by atoms with E-state index in [1.807, 2.05) is 24.4 Å². The van der Waals surface area contributed by atoms with Gasteiger partial charge in [-0.1, -0.05) is 18.2 Å². The SMILES string of the molecule is COc1ccccc1N1CCN(Cc2ccc(=O)n(C)c2)CC1. The van der Waals surface area contributed by atoms with Crippen molar-refractivity contribution in [3.05, 3.63) is 58.5 Å². The highest BCUT2D eigenvalue weighted by Crippen LogP contribution is 2.28. The average Bonchev–Trinajstić information content (AvgIpc) is 2.59. The van der Waals surface area contributed by atoms with E-state index in [9.17, 15) is 4.79 Å². The monoisotopic (exact) mass is 313 g/mol. The molecule has 0 radical (unpaired) electrons. The third-order valence-corrected chi connectivity index (χ3v) is 4.35. The number of ether oxygens (including phenoxy) is 1. The fraction of sp³-hybridized carbons (Fsp3) is 0.389. The summed E-state index contributed by atoms with van der Waals surface area (Å²) in [5.41, 5.74) is 2.38. The molecule has 23 heavy (non-hydrogen) atoms. The largest absolute Gasteiger partial charge is 0.495 e. The van der Waals surface area contributed by atoms with E-state index in [1.165, 1.54) is 5.56 Å². The molecule has 0 bridgehead atoms. The van der Waals surface area contributed by atoms with Crippen LogP contribution < -0.4 is 15.2 Å². The van der Waals surface area contributed by atoms with Crippen molar-refractivity contribution in [1.29, 1.82) is 0 Å². The lowest BCUT2D eigenvalue weighted by molar-refractivity contribution is 0.248. The number of hydrogen-bond donors (Lipinski definition) is 0. The summed E-state index contributed by atoms with van der Waals surface area (Å²) in [5, 5.41) is 0. The first-order valence-electron chi connectivity index (χ1n) is 7.93. The first-order chi connectivity index (χ1) is 11.2. The minimum absolute atomic E-state index is 0.0368. The van der Waals surface area contributed by atoms with Crippen LogP contribution >= 0.6 is 0 Å². The van der Waals surface area contributed by atoms with Gasteiger partial charge in [-0.2, -0.15) is 0 Å². The third-order valence-electron chi connectivity index (χ3n) is 4.35. The first kappa shape index (κ1) is 15.6. The van der Waals surface area contributed by atoms with E-state index in [2.05, 4.69) is 21.9 Å². The summed E-state index contributed by atoms with van der Waals surface area (Å²) in [6.45, 7) is 4.84. The molecule has 1 aromatic heterocycles. The molecular weight excluding hydrogens is 290 g/mol. The number of para-hydroxylation sites is 2. The summed E-state index contributed by atoms with van der Waals surface area (Å²) in [4.78, 5) is 16.2. The van der Waals surface area contributed by atoms with Crippen LogP contribution in [0.25, 0.3) is 0 Å². The van der Waals surface area contributed by atoms with Crippen LogP contribution in [0, 0.1) is 0 Å². The molecule has 1 fully saturated rings. The molecule has 2 heterocycles. The molecule has 0 N–H and O–H groups in total. The number of pyridine rings is 1. The Morgan fingerprint density at radius 3 is 2.48 bits per heavy atom. The Hall–Kier alpha value is -2.27. The molecule has 0 amide bonds. The Kier molecular flexibility index (Phi) is 4.67. The van der Waals surface area contributed by atoms with E-state index < -0.39 is 0 Å². The van der Waals surface area contributed by atoms with E-state index in [-0.39, 0.29) is 5.56 Å². The Morgan fingerprint density at radius 1 is 1.04 bits per heavy atom. The van der Waals surface area contributed by atoms with Crippen LogP contribution in [0.3, 0.4) is 0 Å². The minimum atomic E-state index is 0.0368. The summed E-state index contributed by atoms with van der Waals surface area (Å²) >= 11 is 0. The van der Waals surface area contributed by atoms with Gasteiger partial charge in [0, 0.05) is 52.0 Å². The Morgan fingerprint density at radius 2 is 1.78 bits per heavy atom. The highest BCUT2D eigenvalue weighted by atomic mass is 16.5. The lowest BCUT2D eigenvalue weighted by Crippen LogP contribution is -2.46. The van der Waals surface area contributed by atoms with Crippen molar-refractivity contribution in [2.45, 2.75) is 6.54 Å². The molecule has 1 aliphatic heterocycles. The van der Waals surface area contributed by atoms with Crippen LogP contribution in [0.1, 0.15) is 5.56 Å². The maximum atomic E-state index is 11.5. The highest BCUT2D eigenvalue weighted by molar-refractivity contribution is 5.58. The van der Waals surface area contributed by atoms with Crippen molar-refractivity contribution < 1.29 is 4.74 Å². The molecule has 5 heteroatoms. The molecule has 1 aromatic carbocycles. The fourth-order valence-corrected chi connectivity index (χ4v) is 3.04. The van der Waals surface area contributed by atoms with Gasteiger partial charge in [-0.05, 0) is 17.7 Å². The first-order valence-corrected chi connectivity index (χ1v) is 7.93. The number of nitrogens with zero attached hydrogens (tertiary/aromatic N) is 3. The topological polar surface area (TPSA) is 37.7 Å². The standard InChI is InChI=1S/C18H23N3O2/c1-19-13-15(7-8-18(19)22)14-20-9-11-21(12-10-20)16-5-3-4-6-17(16)23-2/h3-8,13H,9-12,14H2,1-2H3. The van der Waals surface area contributed by atoms with E-state index >= 15 is 0 Å². The number of methoxy groups -OCH3 is 1. The lowest BCUT2D eigenvalue weighted by atomic mass is 10.2. The van der Waals surface area contributed by atoms with Gasteiger partial charge < -0.3 is 14.2 Å². The van der Waals surface area contributed by atoms with E-state index in [1.54, 1.807) is 24.8 Å². The van der Waals surface area contributed by atoms with Crippen LogP contribution in [0.5, 0.6) is 5.75 Å². The zero-order valence-electron chi connectivity index (χ0n) is 13.7. The molecule has 0 unspecified atom stereocenters. The van der Waals surface area contributed by atoms with Gasteiger partial charge in [0.15, 0.2) is 0 Å². The van der Waals surface area contributed by atoms with Crippen LogP contribution in [0.15, 0.2) is 47.4 Å². The van der Waals surface area contributed by atoms with Gasteiger partial charge in [0.2, 0.25) is 5.56 Å². The zero-order valence-corrected chi connectivity index (χ0v) is 13.7. The van der Waals surface area contributed by atoms with Crippen molar-refractivity contribution in [2.24, 2.45) is 7.05 Å². The molecule has 2 aromatic rings. The number of hydrogen-bond acceptors (Lipinski definition) is 4. The predicted molar refractivity (Wildman–Crippen MR) is 92.2 cm³/mol. The van der Waals surface area contributed by atoms with Crippen molar-refractivity contribution >= 4 is 5.69 Å². The second kappa shape index (κ2) is 6.87. The van der Waals surface area contributed by atoms with Gasteiger partial charge in [-0.15, -0.1) is 0 Å². The normalized spacial score (nSPS) is 15.7. The summed E-state index contributed by atoms with van der Waals surface area (Å²) in [5.74, 6) is 0.930. The van der Waals surface area contributed by atoms with Crippen LogP contribution in [0.2, 0.25) is 0 Å². The number of aromatic nitrogens is 1. The smallest absolute Gasteiger partial charge is 0.250 e. The lowest BCUT2D eigenvalue weighted by Gasteiger charge is -2.36. The predicted octanol–water partition coefficient (Wildman–Crippen LogP) is 1.72. The second-order valence-electron chi connectivity index (χ2n) is 5.92. The quantitative estimate of drug-likeness (QED) is 0.861. The molecule has 1 aliphatic rings. The zero-order chi connectivity index (χ0) is 16.2. The second-order valence-corrected chi connectivity index (χ2v) is 5.92. The summed E-state index contributed by atoms with van der Waals surface area (Å²) in [6, 6.07) is 11.7. The molecule has 122 valence electrons. The fourth-order valence-electron chi connectivity index (χ4n) is 3.04. The third kappa shape index (κ3) is 3.56. The number of rotatable bonds is 4. The van der Waals surface area contributed by atoms with Crippen LogP contribution in [-0.2, 0) is 13.6 Å². The number of anilines is 1. The van der Waals surface area contributed by atoms with Gasteiger partial charge in [0.05, 0.1) is 12.8 Å². The highest BCUT2D eigenvalue weighted by Gasteiger charge is 2.19. The number of aryl methyl sites for hydroxylation is 1. The Balaban J connectivity index is 1.62. The van der Waals surface area contributed by atoms with E-state index in [0.29, 0.717) is 0 Å². The number of piperazine rings is 1. The van der Waals surface area contributed by atoms with Crippen molar-refractivity contribution in [3.63, 3.8) is 0 Å². The van der Waals surface area contributed by atoms with Gasteiger partial charge in [-0.25, -0.2) is 0 Å². The minimum Gasteiger partial charge on any atom is -0.495 e. The van der Waals surface area contributed by atoms with E-state index in [0.717, 1.165) is 44.2 Å². The van der Waals surface area contributed by atoms with Crippen LogP contribution in [0.4, 0.5) is 5.69 Å². The molecule has 0 atom stereocenters. The summed E-state index contributed by atoms with van der Waals surface area (Å²) < 4.78 is 7.10. The molecule has 5 nitrogen and oxygen atoms in total. The van der Waals surface area contributed by atoms with E-state index in [4.69, 9.17) is 4.74 Å². The summed E-state index contributed by atoms with van der Waals surface area (Å²) in [7, 11) is 3.51. The molecule has 0 saturated carbocycles. The maximum Gasteiger partial charge on any atom is 0.250 e.